The van der Waals surface area contributed by atoms with E-state index in [1.165, 1.54) is 6.07 Å². The minimum atomic E-state index is -0.394. The summed E-state index contributed by atoms with van der Waals surface area (Å²) in [5.41, 5.74) is 1.61. The second-order valence-electron chi connectivity index (χ2n) is 3.87. The van der Waals surface area contributed by atoms with Crippen LogP contribution in [0.4, 0.5) is 11.4 Å². The van der Waals surface area contributed by atoms with Crippen molar-refractivity contribution in [2.45, 2.75) is 19.9 Å². The molecular weight excluding hydrogens is 208 g/mol. The first-order valence-electron chi connectivity index (χ1n) is 5.06. The molecule has 1 aromatic carbocycles. The second kappa shape index (κ2) is 4.94. The van der Waals surface area contributed by atoms with Crippen LogP contribution in [0.5, 0.6) is 0 Å². The Hall–Kier alpha value is -1.62. The van der Waals surface area contributed by atoms with E-state index in [0.717, 1.165) is 5.69 Å². The van der Waals surface area contributed by atoms with Crippen LogP contribution in [0.1, 0.15) is 12.5 Å². The van der Waals surface area contributed by atoms with Crippen LogP contribution >= 0.6 is 0 Å². The summed E-state index contributed by atoms with van der Waals surface area (Å²) in [5, 5.41) is 19.7. The lowest BCUT2D eigenvalue weighted by Crippen LogP contribution is -2.31. The van der Waals surface area contributed by atoms with Gasteiger partial charge in [-0.25, -0.2) is 0 Å². The Morgan fingerprint density at radius 3 is 2.62 bits per heavy atom. The van der Waals surface area contributed by atoms with E-state index in [4.69, 9.17) is 5.11 Å². The first kappa shape index (κ1) is 12.4. The van der Waals surface area contributed by atoms with E-state index in [-0.39, 0.29) is 18.3 Å². The van der Waals surface area contributed by atoms with Gasteiger partial charge in [-0.15, -0.1) is 0 Å². The van der Waals surface area contributed by atoms with Crippen LogP contribution in [0.3, 0.4) is 0 Å². The molecule has 1 aromatic rings. The van der Waals surface area contributed by atoms with E-state index < -0.39 is 4.92 Å². The van der Waals surface area contributed by atoms with Crippen molar-refractivity contribution in [2.24, 2.45) is 0 Å². The molecule has 0 amide bonds. The number of aliphatic hydroxyl groups is 1. The molecule has 0 fully saturated rings. The topological polar surface area (TPSA) is 66.6 Å². The van der Waals surface area contributed by atoms with Gasteiger partial charge < -0.3 is 10.0 Å². The fraction of sp³-hybridized carbons (Fsp3) is 0.455. The largest absolute Gasteiger partial charge is 0.394 e. The fourth-order valence-corrected chi connectivity index (χ4v) is 1.44. The van der Waals surface area contributed by atoms with Crippen molar-refractivity contribution < 1.29 is 10.0 Å². The molecule has 1 atom stereocenters. The molecule has 0 spiro atoms. The molecule has 0 heterocycles. The Kier molecular flexibility index (Phi) is 3.84. The third-order valence-corrected chi connectivity index (χ3v) is 2.71. The highest BCUT2D eigenvalue weighted by Gasteiger charge is 2.14. The van der Waals surface area contributed by atoms with E-state index in [9.17, 15) is 10.1 Å². The maximum absolute atomic E-state index is 10.6. The molecule has 0 saturated carbocycles. The van der Waals surface area contributed by atoms with Crippen LogP contribution in [-0.2, 0) is 0 Å². The van der Waals surface area contributed by atoms with Gasteiger partial charge in [0.05, 0.1) is 11.5 Å². The van der Waals surface area contributed by atoms with Crippen LogP contribution in [0.2, 0.25) is 0 Å². The van der Waals surface area contributed by atoms with Crippen LogP contribution in [0.15, 0.2) is 18.2 Å². The zero-order valence-corrected chi connectivity index (χ0v) is 9.67. The van der Waals surface area contributed by atoms with Gasteiger partial charge in [0.1, 0.15) is 0 Å². The number of nitro benzene ring substituents is 1. The summed E-state index contributed by atoms with van der Waals surface area (Å²) in [6.07, 6.45) is 0. The van der Waals surface area contributed by atoms with Crippen LogP contribution in [0.25, 0.3) is 0 Å². The first-order valence-corrected chi connectivity index (χ1v) is 5.06. The molecular formula is C11H16N2O3. The predicted octanol–water partition coefficient (Wildman–Crippen LogP) is 1.72. The second-order valence-corrected chi connectivity index (χ2v) is 3.87. The Bertz CT molecular complexity index is 393. The number of hydrogen-bond acceptors (Lipinski definition) is 4. The maximum Gasteiger partial charge on any atom is 0.272 e. The number of nitrogens with zero attached hydrogens (tertiary/aromatic N) is 2. The number of anilines is 1. The van der Waals surface area contributed by atoms with Gasteiger partial charge in [0.2, 0.25) is 0 Å². The maximum atomic E-state index is 10.6. The molecule has 5 heteroatoms. The van der Waals surface area contributed by atoms with Gasteiger partial charge in [0, 0.05) is 30.4 Å². The summed E-state index contributed by atoms with van der Waals surface area (Å²) >= 11 is 0. The van der Waals surface area contributed by atoms with Crippen molar-refractivity contribution in [2.75, 3.05) is 18.6 Å². The SMILES string of the molecule is Cc1cc(N(C)C(C)CO)ccc1[N+](=O)[O-]. The van der Waals surface area contributed by atoms with Gasteiger partial charge in [-0.1, -0.05) is 0 Å². The normalized spacial score (nSPS) is 12.2. The summed E-state index contributed by atoms with van der Waals surface area (Å²) in [6, 6.07) is 4.92. The summed E-state index contributed by atoms with van der Waals surface area (Å²) < 4.78 is 0. The lowest BCUT2D eigenvalue weighted by molar-refractivity contribution is -0.385. The van der Waals surface area contributed by atoms with Gasteiger partial charge in [-0.05, 0) is 26.0 Å². The third-order valence-electron chi connectivity index (χ3n) is 2.71. The van der Waals surface area contributed by atoms with E-state index in [1.807, 2.05) is 18.9 Å². The highest BCUT2D eigenvalue weighted by Crippen LogP contribution is 2.24. The Morgan fingerprint density at radius 2 is 2.19 bits per heavy atom. The van der Waals surface area contributed by atoms with Crippen molar-refractivity contribution in [1.82, 2.24) is 0 Å². The molecule has 88 valence electrons. The number of benzene rings is 1. The van der Waals surface area contributed by atoms with Crippen molar-refractivity contribution in [3.05, 3.63) is 33.9 Å². The minimum absolute atomic E-state index is 0.0131. The minimum Gasteiger partial charge on any atom is -0.394 e. The average molecular weight is 224 g/mol. The zero-order valence-electron chi connectivity index (χ0n) is 9.67. The van der Waals surface area contributed by atoms with E-state index in [2.05, 4.69) is 0 Å². The molecule has 16 heavy (non-hydrogen) atoms. The fourth-order valence-electron chi connectivity index (χ4n) is 1.44. The highest BCUT2D eigenvalue weighted by molar-refractivity contribution is 5.55. The first-order chi connectivity index (χ1) is 7.47. The quantitative estimate of drug-likeness (QED) is 0.624. The van der Waals surface area contributed by atoms with Crippen molar-refractivity contribution in [3.63, 3.8) is 0 Å². The lowest BCUT2D eigenvalue weighted by Gasteiger charge is -2.25. The van der Waals surface area contributed by atoms with Gasteiger partial charge in [0.25, 0.3) is 5.69 Å². The summed E-state index contributed by atoms with van der Waals surface area (Å²) in [5.74, 6) is 0. The third kappa shape index (κ3) is 2.49. The van der Waals surface area contributed by atoms with Crippen molar-refractivity contribution in [3.8, 4) is 0 Å². The molecule has 0 saturated heterocycles. The molecule has 0 aliphatic heterocycles. The monoisotopic (exact) mass is 224 g/mol. The Balaban J connectivity index is 3.01. The molecule has 5 nitrogen and oxygen atoms in total. The van der Waals surface area contributed by atoms with Crippen LogP contribution in [-0.4, -0.2) is 29.7 Å². The standard InChI is InChI=1S/C11H16N2O3/c1-8-6-10(12(3)9(2)7-14)4-5-11(8)13(15)16/h4-6,9,14H,7H2,1-3H3. The zero-order chi connectivity index (χ0) is 12.3. The van der Waals surface area contributed by atoms with Crippen LogP contribution < -0.4 is 4.90 Å². The van der Waals surface area contributed by atoms with Gasteiger partial charge in [-0.2, -0.15) is 0 Å². The Morgan fingerprint density at radius 1 is 1.56 bits per heavy atom. The average Bonchev–Trinajstić information content (AvgIpc) is 2.26. The van der Waals surface area contributed by atoms with Gasteiger partial charge in [-0.3, -0.25) is 10.1 Å². The Labute approximate surface area is 94.5 Å². The number of likely N-dealkylation sites (N-methyl/N-ethyl adjacent to an activating group) is 1. The molecule has 1 N–H and O–H groups in total. The van der Waals surface area contributed by atoms with E-state index in [0.29, 0.717) is 5.56 Å². The van der Waals surface area contributed by atoms with Gasteiger partial charge >= 0.3 is 0 Å². The molecule has 0 bridgehead atoms. The molecule has 0 aromatic heterocycles. The van der Waals surface area contributed by atoms with Crippen molar-refractivity contribution in [1.29, 1.82) is 0 Å². The number of nitro groups is 1. The highest BCUT2D eigenvalue weighted by atomic mass is 16.6. The summed E-state index contributed by atoms with van der Waals surface area (Å²) in [4.78, 5) is 12.1. The van der Waals surface area contributed by atoms with Crippen molar-refractivity contribution >= 4 is 11.4 Å². The lowest BCUT2D eigenvalue weighted by atomic mass is 10.1. The number of rotatable bonds is 4. The number of aliphatic hydroxyl groups excluding tert-OH is 1. The molecule has 0 radical (unpaired) electrons. The number of aryl methyl sites for hydroxylation is 1. The predicted molar refractivity (Wildman–Crippen MR) is 62.8 cm³/mol. The van der Waals surface area contributed by atoms with Gasteiger partial charge in [0.15, 0.2) is 0 Å². The van der Waals surface area contributed by atoms with E-state index >= 15 is 0 Å². The van der Waals surface area contributed by atoms with E-state index in [1.54, 1.807) is 19.1 Å². The molecule has 1 unspecified atom stereocenters. The smallest absolute Gasteiger partial charge is 0.272 e. The summed E-state index contributed by atoms with van der Waals surface area (Å²) in [7, 11) is 1.85. The van der Waals surface area contributed by atoms with Crippen LogP contribution in [0, 0.1) is 17.0 Å². The molecule has 0 aliphatic carbocycles. The summed E-state index contributed by atoms with van der Waals surface area (Å²) in [6.45, 7) is 3.64. The molecule has 0 aliphatic rings. The number of hydrogen-bond donors (Lipinski definition) is 1. The molecule has 1 rings (SSSR count).